The minimum Gasteiger partial charge on any atom is -0.481 e. The van der Waals surface area contributed by atoms with Crippen LogP contribution in [0, 0.1) is 19.8 Å². The highest BCUT2D eigenvalue weighted by Gasteiger charge is 2.18. The van der Waals surface area contributed by atoms with Gasteiger partial charge in [0.2, 0.25) is 5.88 Å². The van der Waals surface area contributed by atoms with Gasteiger partial charge in [0, 0.05) is 6.07 Å². The number of hydrogen-bond acceptors (Lipinski definition) is 3. The zero-order chi connectivity index (χ0) is 17.7. The Morgan fingerprint density at radius 3 is 2.46 bits per heavy atom. The summed E-state index contributed by atoms with van der Waals surface area (Å²) in [5.74, 6) is 0.981. The van der Waals surface area contributed by atoms with Gasteiger partial charge in [-0.25, -0.2) is 4.98 Å². The monoisotopic (exact) mass is 343 g/mol. The number of benzene rings is 1. The normalized spacial score (nSPS) is 11.9. The Balaban J connectivity index is 2.10. The molecule has 0 radical (unpaired) electrons. The summed E-state index contributed by atoms with van der Waals surface area (Å²) in [5, 5.41) is 7.20. The molecule has 0 aliphatic carbocycles. The van der Waals surface area contributed by atoms with Crippen LogP contribution in [-0.2, 0) is 0 Å². The molecule has 24 heavy (non-hydrogen) atoms. The number of rotatable bonds is 5. The lowest BCUT2D eigenvalue weighted by molar-refractivity contribution is 0.398. The molecular weight excluding hydrogens is 318 g/mol. The smallest absolute Gasteiger partial charge is 0.213 e. The van der Waals surface area contributed by atoms with Crippen LogP contribution >= 0.6 is 12.2 Å². The van der Waals surface area contributed by atoms with Gasteiger partial charge in [-0.3, -0.25) is 0 Å². The quantitative estimate of drug-likeness (QED) is 0.788. The van der Waals surface area contributed by atoms with E-state index >= 15 is 0 Å². The zero-order valence-corrected chi connectivity index (χ0v) is 15.7. The third-order valence-corrected chi connectivity index (χ3v) is 4.14. The van der Waals surface area contributed by atoms with Gasteiger partial charge < -0.3 is 15.4 Å². The third-order valence-electron chi connectivity index (χ3n) is 3.92. The first-order valence-corrected chi connectivity index (χ1v) is 8.46. The number of aryl methyl sites for hydroxylation is 2. The Hall–Kier alpha value is -2.14. The third kappa shape index (κ3) is 4.68. The van der Waals surface area contributed by atoms with Crippen LogP contribution in [0.3, 0.4) is 0 Å². The lowest BCUT2D eigenvalue weighted by atomic mass is 9.92. The molecule has 128 valence electrons. The lowest BCUT2D eigenvalue weighted by Crippen LogP contribution is -2.35. The minimum absolute atomic E-state index is 0.150. The second-order valence-electron chi connectivity index (χ2n) is 6.27. The average Bonchev–Trinajstić information content (AvgIpc) is 2.54. The molecular formula is C19H25N3OS. The van der Waals surface area contributed by atoms with Crippen LogP contribution in [0.4, 0.5) is 5.69 Å². The van der Waals surface area contributed by atoms with E-state index in [1.54, 1.807) is 19.4 Å². The molecule has 1 heterocycles. The van der Waals surface area contributed by atoms with Crippen molar-refractivity contribution in [2.24, 2.45) is 5.92 Å². The molecule has 1 aromatic heterocycles. The van der Waals surface area contributed by atoms with Gasteiger partial charge in [-0.2, -0.15) is 0 Å². The van der Waals surface area contributed by atoms with Crippen molar-refractivity contribution < 1.29 is 4.74 Å². The van der Waals surface area contributed by atoms with Gasteiger partial charge in [0.05, 0.1) is 25.0 Å². The summed E-state index contributed by atoms with van der Waals surface area (Å²) >= 11 is 5.48. The lowest BCUT2D eigenvalue weighted by Gasteiger charge is -2.26. The fraction of sp³-hybridized carbons (Fsp3) is 0.368. The van der Waals surface area contributed by atoms with E-state index in [9.17, 15) is 0 Å². The van der Waals surface area contributed by atoms with E-state index in [2.05, 4.69) is 61.5 Å². The van der Waals surface area contributed by atoms with Gasteiger partial charge in [0.15, 0.2) is 5.11 Å². The van der Waals surface area contributed by atoms with Gasteiger partial charge in [-0.05, 0) is 49.2 Å². The summed E-state index contributed by atoms with van der Waals surface area (Å²) in [6.45, 7) is 8.63. The first-order valence-electron chi connectivity index (χ1n) is 8.05. The SMILES string of the molecule is COc1ccc(NC(=S)N[C@@H](c2ccc(C)cc2C)C(C)C)cn1. The van der Waals surface area contributed by atoms with Gasteiger partial charge in [-0.15, -0.1) is 0 Å². The zero-order valence-electron chi connectivity index (χ0n) is 14.9. The van der Waals surface area contributed by atoms with Crippen molar-refractivity contribution in [1.82, 2.24) is 10.3 Å². The molecule has 1 atom stereocenters. The van der Waals surface area contributed by atoms with Gasteiger partial charge in [0.1, 0.15) is 0 Å². The number of aromatic nitrogens is 1. The predicted octanol–water partition coefficient (Wildman–Crippen LogP) is 4.39. The molecule has 0 spiro atoms. The molecule has 0 saturated carbocycles. The molecule has 0 aliphatic rings. The molecule has 0 bridgehead atoms. The van der Waals surface area contributed by atoms with Crippen LogP contribution in [0.5, 0.6) is 5.88 Å². The van der Waals surface area contributed by atoms with Crippen molar-refractivity contribution >= 4 is 23.0 Å². The maximum absolute atomic E-state index is 5.48. The van der Waals surface area contributed by atoms with E-state index in [4.69, 9.17) is 17.0 Å². The summed E-state index contributed by atoms with van der Waals surface area (Å²) in [7, 11) is 1.60. The first-order chi connectivity index (χ1) is 11.4. The van der Waals surface area contributed by atoms with Crippen LogP contribution in [0.25, 0.3) is 0 Å². The summed E-state index contributed by atoms with van der Waals surface area (Å²) < 4.78 is 5.06. The van der Waals surface area contributed by atoms with E-state index in [0.717, 1.165) is 5.69 Å². The maximum atomic E-state index is 5.48. The van der Waals surface area contributed by atoms with Crippen molar-refractivity contribution in [2.75, 3.05) is 12.4 Å². The Labute approximate surface area is 149 Å². The number of ether oxygens (including phenoxy) is 1. The van der Waals surface area contributed by atoms with Crippen molar-refractivity contribution in [3.05, 3.63) is 53.2 Å². The maximum Gasteiger partial charge on any atom is 0.213 e. The molecule has 2 aromatic rings. The van der Waals surface area contributed by atoms with Crippen molar-refractivity contribution in [2.45, 2.75) is 33.7 Å². The molecule has 0 saturated heterocycles. The summed E-state index contributed by atoms with van der Waals surface area (Å²) in [5.41, 5.74) is 4.64. The Morgan fingerprint density at radius 1 is 1.17 bits per heavy atom. The van der Waals surface area contributed by atoms with E-state index in [1.165, 1.54) is 16.7 Å². The molecule has 0 amide bonds. The van der Waals surface area contributed by atoms with Gasteiger partial charge in [0.25, 0.3) is 0 Å². The number of anilines is 1. The number of nitrogens with zero attached hydrogens (tertiary/aromatic N) is 1. The summed E-state index contributed by atoms with van der Waals surface area (Å²) in [4.78, 5) is 4.17. The van der Waals surface area contributed by atoms with Crippen LogP contribution in [0.2, 0.25) is 0 Å². The largest absolute Gasteiger partial charge is 0.481 e. The second-order valence-corrected chi connectivity index (χ2v) is 6.68. The number of hydrogen-bond donors (Lipinski definition) is 2. The van der Waals surface area contributed by atoms with E-state index in [-0.39, 0.29) is 6.04 Å². The first kappa shape index (κ1) is 18.2. The van der Waals surface area contributed by atoms with Crippen molar-refractivity contribution in [1.29, 1.82) is 0 Å². The highest BCUT2D eigenvalue weighted by atomic mass is 32.1. The molecule has 2 rings (SSSR count). The molecule has 4 nitrogen and oxygen atoms in total. The van der Waals surface area contributed by atoms with Crippen LogP contribution in [-0.4, -0.2) is 17.2 Å². The number of thiocarbonyl (C=S) groups is 1. The highest BCUT2D eigenvalue weighted by Crippen LogP contribution is 2.25. The van der Waals surface area contributed by atoms with Crippen LogP contribution in [0.1, 0.15) is 36.6 Å². The van der Waals surface area contributed by atoms with Gasteiger partial charge >= 0.3 is 0 Å². The fourth-order valence-corrected chi connectivity index (χ4v) is 2.91. The molecule has 0 unspecified atom stereocenters. The average molecular weight is 343 g/mol. The minimum atomic E-state index is 0.150. The highest BCUT2D eigenvalue weighted by molar-refractivity contribution is 7.80. The number of methoxy groups -OCH3 is 1. The topological polar surface area (TPSA) is 46.2 Å². The standard InChI is InChI=1S/C19H25N3OS/c1-12(2)18(16-8-6-13(3)10-14(16)4)22-19(24)21-15-7-9-17(23-5)20-11-15/h6-12,18H,1-5H3,(H2,21,22,24)/t18-/m1/s1. The summed E-state index contributed by atoms with van der Waals surface area (Å²) in [6.07, 6.45) is 1.70. The second kappa shape index (κ2) is 8.11. The predicted molar refractivity (Wildman–Crippen MR) is 104 cm³/mol. The van der Waals surface area contributed by atoms with Crippen molar-refractivity contribution in [3.8, 4) is 5.88 Å². The molecule has 1 aromatic carbocycles. The summed E-state index contributed by atoms with van der Waals surface area (Å²) in [6, 6.07) is 10.4. The van der Waals surface area contributed by atoms with Crippen LogP contribution < -0.4 is 15.4 Å². The molecule has 2 N–H and O–H groups in total. The van der Waals surface area contributed by atoms with E-state index in [1.807, 2.05) is 6.07 Å². The number of pyridine rings is 1. The molecule has 0 aliphatic heterocycles. The Kier molecular flexibility index (Phi) is 6.15. The fourth-order valence-electron chi connectivity index (χ4n) is 2.66. The number of nitrogens with one attached hydrogen (secondary N) is 2. The van der Waals surface area contributed by atoms with Crippen molar-refractivity contribution in [3.63, 3.8) is 0 Å². The van der Waals surface area contributed by atoms with E-state index in [0.29, 0.717) is 16.9 Å². The Bertz CT molecular complexity index is 698. The molecule has 5 heteroatoms. The van der Waals surface area contributed by atoms with Gasteiger partial charge in [-0.1, -0.05) is 37.6 Å². The van der Waals surface area contributed by atoms with E-state index < -0.39 is 0 Å². The van der Waals surface area contributed by atoms with Crippen LogP contribution in [0.15, 0.2) is 36.5 Å². The molecule has 0 fully saturated rings. The Morgan fingerprint density at radius 2 is 1.92 bits per heavy atom.